The molecule has 0 saturated carbocycles. The molecule has 3 aromatic rings. The molecule has 0 spiro atoms. The average Bonchev–Trinajstić information content (AvgIpc) is 2.71. The van der Waals surface area contributed by atoms with Crippen LogP contribution in [0.3, 0.4) is 0 Å². The molecular formula is C21H16N2O6. The molecule has 1 aliphatic rings. The second kappa shape index (κ2) is 7.23. The van der Waals surface area contributed by atoms with Gasteiger partial charge in [0, 0.05) is 6.07 Å². The lowest BCUT2D eigenvalue weighted by Crippen LogP contribution is -2.44. The minimum absolute atomic E-state index is 0.183. The predicted molar refractivity (Wildman–Crippen MR) is 105 cm³/mol. The van der Waals surface area contributed by atoms with Crippen LogP contribution < -0.4 is 15.6 Å². The SMILES string of the molecule is Cc1ccc2oc(C(=O)OCC(=O)N3CC(=O)Nc4ccccc43)cc(=O)c2c1. The van der Waals surface area contributed by atoms with Crippen LogP contribution in [0.2, 0.25) is 0 Å². The van der Waals surface area contributed by atoms with E-state index in [1.54, 1.807) is 42.5 Å². The molecule has 29 heavy (non-hydrogen) atoms. The Hall–Kier alpha value is -3.94. The van der Waals surface area contributed by atoms with Crippen LogP contribution in [0, 0.1) is 6.92 Å². The van der Waals surface area contributed by atoms with E-state index < -0.39 is 18.5 Å². The van der Waals surface area contributed by atoms with E-state index in [1.807, 2.05) is 6.92 Å². The first kappa shape index (κ1) is 18.4. The van der Waals surface area contributed by atoms with E-state index in [1.165, 1.54) is 4.90 Å². The third-order valence-corrected chi connectivity index (χ3v) is 4.48. The fraction of sp³-hybridized carbons (Fsp3) is 0.143. The molecule has 4 rings (SSSR count). The van der Waals surface area contributed by atoms with Gasteiger partial charge in [-0.3, -0.25) is 19.3 Å². The summed E-state index contributed by atoms with van der Waals surface area (Å²) in [5.74, 6) is -2.15. The first-order valence-corrected chi connectivity index (χ1v) is 8.83. The number of nitrogens with zero attached hydrogens (tertiary/aromatic N) is 1. The van der Waals surface area contributed by atoms with Crippen molar-refractivity contribution in [1.82, 2.24) is 0 Å². The summed E-state index contributed by atoms with van der Waals surface area (Å²) in [6.07, 6.45) is 0. The van der Waals surface area contributed by atoms with E-state index in [-0.39, 0.29) is 29.2 Å². The molecular weight excluding hydrogens is 376 g/mol. The van der Waals surface area contributed by atoms with Crippen LogP contribution >= 0.6 is 0 Å². The number of rotatable bonds is 3. The van der Waals surface area contributed by atoms with Gasteiger partial charge in [-0.2, -0.15) is 0 Å². The molecule has 0 unspecified atom stereocenters. The van der Waals surface area contributed by atoms with Crippen molar-refractivity contribution < 1.29 is 23.5 Å². The number of carbonyl (C=O) groups is 3. The maximum Gasteiger partial charge on any atom is 0.374 e. The molecule has 0 bridgehead atoms. The highest BCUT2D eigenvalue weighted by Crippen LogP contribution is 2.28. The van der Waals surface area contributed by atoms with Gasteiger partial charge in [0.15, 0.2) is 12.0 Å². The molecule has 1 N–H and O–H groups in total. The van der Waals surface area contributed by atoms with E-state index in [0.29, 0.717) is 16.8 Å². The van der Waals surface area contributed by atoms with Gasteiger partial charge in [-0.05, 0) is 31.2 Å². The third kappa shape index (κ3) is 3.60. The fourth-order valence-electron chi connectivity index (χ4n) is 3.10. The molecule has 0 aliphatic carbocycles. The van der Waals surface area contributed by atoms with Crippen LogP contribution in [0.15, 0.2) is 57.7 Å². The molecule has 0 atom stereocenters. The number of hydrogen-bond donors (Lipinski definition) is 1. The van der Waals surface area contributed by atoms with Crippen molar-refractivity contribution in [2.45, 2.75) is 6.92 Å². The van der Waals surface area contributed by atoms with Gasteiger partial charge in [0.25, 0.3) is 5.91 Å². The Labute approximate surface area is 164 Å². The molecule has 146 valence electrons. The zero-order valence-corrected chi connectivity index (χ0v) is 15.4. The molecule has 0 radical (unpaired) electrons. The van der Waals surface area contributed by atoms with Gasteiger partial charge >= 0.3 is 5.97 Å². The molecule has 0 saturated heterocycles. The molecule has 0 fully saturated rings. The van der Waals surface area contributed by atoms with Crippen LogP contribution in [0.5, 0.6) is 0 Å². The third-order valence-electron chi connectivity index (χ3n) is 4.48. The number of benzene rings is 2. The van der Waals surface area contributed by atoms with Gasteiger partial charge in [0.05, 0.1) is 16.8 Å². The van der Waals surface area contributed by atoms with Gasteiger partial charge in [0.2, 0.25) is 11.7 Å². The summed E-state index contributed by atoms with van der Waals surface area (Å²) in [4.78, 5) is 50.1. The van der Waals surface area contributed by atoms with Crippen LogP contribution in [0.4, 0.5) is 11.4 Å². The standard InChI is InChI=1S/C21H16N2O6/c1-12-6-7-17-13(8-12)16(24)9-18(29-17)21(27)28-11-20(26)23-10-19(25)22-14-4-2-3-5-15(14)23/h2-9H,10-11H2,1H3,(H,22,25). The van der Waals surface area contributed by atoms with E-state index in [4.69, 9.17) is 9.15 Å². The van der Waals surface area contributed by atoms with Crippen LogP contribution in [0.25, 0.3) is 11.0 Å². The molecule has 2 amide bonds. The number of anilines is 2. The second-order valence-electron chi connectivity index (χ2n) is 6.60. The zero-order chi connectivity index (χ0) is 20.5. The van der Waals surface area contributed by atoms with Crippen molar-refractivity contribution in [2.24, 2.45) is 0 Å². The first-order valence-electron chi connectivity index (χ1n) is 8.83. The number of aryl methyl sites for hydroxylation is 1. The average molecular weight is 392 g/mol. The highest BCUT2D eigenvalue weighted by molar-refractivity contribution is 6.10. The molecule has 8 heteroatoms. The summed E-state index contributed by atoms with van der Waals surface area (Å²) in [6.45, 7) is 1.06. The summed E-state index contributed by atoms with van der Waals surface area (Å²) < 4.78 is 10.5. The lowest BCUT2D eigenvalue weighted by molar-refractivity contribution is -0.124. The highest BCUT2D eigenvalue weighted by Gasteiger charge is 2.27. The van der Waals surface area contributed by atoms with E-state index >= 15 is 0 Å². The van der Waals surface area contributed by atoms with Crippen molar-refractivity contribution in [3.8, 4) is 0 Å². The number of ether oxygens (including phenoxy) is 1. The summed E-state index contributed by atoms with van der Waals surface area (Å²) in [6, 6.07) is 12.9. The van der Waals surface area contributed by atoms with Crippen LogP contribution in [-0.4, -0.2) is 30.9 Å². The van der Waals surface area contributed by atoms with E-state index in [0.717, 1.165) is 11.6 Å². The van der Waals surface area contributed by atoms with Gasteiger partial charge in [-0.1, -0.05) is 23.8 Å². The van der Waals surface area contributed by atoms with Crippen LogP contribution in [0.1, 0.15) is 16.1 Å². The van der Waals surface area contributed by atoms with Crippen molar-refractivity contribution in [3.05, 3.63) is 70.1 Å². The van der Waals surface area contributed by atoms with Crippen molar-refractivity contribution >= 4 is 40.1 Å². The Morgan fingerprint density at radius 2 is 1.93 bits per heavy atom. The van der Waals surface area contributed by atoms with Gasteiger partial charge < -0.3 is 14.5 Å². The highest BCUT2D eigenvalue weighted by atomic mass is 16.5. The smallest absolute Gasteiger partial charge is 0.374 e. The van der Waals surface area contributed by atoms with E-state index in [9.17, 15) is 19.2 Å². The largest absolute Gasteiger partial charge is 0.450 e. The molecule has 2 heterocycles. The number of carbonyl (C=O) groups excluding carboxylic acids is 3. The number of para-hydroxylation sites is 2. The van der Waals surface area contributed by atoms with Gasteiger partial charge in [-0.25, -0.2) is 4.79 Å². The minimum atomic E-state index is -0.937. The fourth-order valence-corrected chi connectivity index (χ4v) is 3.10. The maximum atomic E-state index is 12.5. The number of amides is 2. The normalized spacial score (nSPS) is 13.0. The lowest BCUT2D eigenvalue weighted by Gasteiger charge is -2.28. The van der Waals surface area contributed by atoms with Crippen molar-refractivity contribution in [3.63, 3.8) is 0 Å². The van der Waals surface area contributed by atoms with E-state index in [2.05, 4.69) is 5.32 Å². The first-order chi connectivity index (χ1) is 13.9. The summed E-state index contributed by atoms with van der Waals surface area (Å²) in [7, 11) is 0. The Morgan fingerprint density at radius 1 is 1.14 bits per heavy atom. The number of fused-ring (bicyclic) bond motifs is 2. The number of esters is 1. The predicted octanol–water partition coefficient (Wildman–Crippen LogP) is 2.24. The minimum Gasteiger partial charge on any atom is -0.450 e. The van der Waals surface area contributed by atoms with Gasteiger partial charge in [-0.15, -0.1) is 0 Å². The Kier molecular flexibility index (Phi) is 4.59. The quantitative estimate of drug-likeness (QED) is 0.686. The Balaban J connectivity index is 1.51. The second-order valence-corrected chi connectivity index (χ2v) is 6.60. The molecule has 8 nitrogen and oxygen atoms in total. The van der Waals surface area contributed by atoms with Crippen molar-refractivity contribution in [1.29, 1.82) is 0 Å². The molecule has 2 aromatic carbocycles. The number of nitrogens with one attached hydrogen (secondary N) is 1. The zero-order valence-electron chi connectivity index (χ0n) is 15.4. The summed E-state index contributed by atoms with van der Waals surface area (Å²) in [5.41, 5.74) is 1.77. The van der Waals surface area contributed by atoms with Crippen molar-refractivity contribution in [2.75, 3.05) is 23.4 Å². The maximum absolute atomic E-state index is 12.5. The monoisotopic (exact) mass is 392 g/mol. The number of hydrogen-bond acceptors (Lipinski definition) is 6. The lowest BCUT2D eigenvalue weighted by atomic mass is 10.1. The van der Waals surface area contributed by atoms with Gasteiger partial charge in [0.1, 0.15) is 12.1 Å². The molecule has 1 aliphatic heterocycles. The summed E-state index contributed by atoms with van der Waals surface area (Å²) in [5, 5.41) is 3.03. The molecule has 1 aromatic heterocycles. The topological polar surface area (TPSA) is 106 Å². The van der Waals surface area contributed by atoms with Crippen LogP contribution in [-0.2, 0) is 14.3 Å². The summed E-state index contributed by atoms with van der Waals surface area (Å²) >= 11 is 0. The Bertz CT molecular complexity index is 1210. The Morgan fingerprint density at radius 3 is 2.76 bits per heavy atom.